The fraction of sp³-hybridized carbons (Fsp3) is 0.143. The zero-order valence-corrected chi connectivity index (χ0v) is 15.1. The van der Waals surface area contributed by atoms with E-state index in [4.69, 9.17) is 0 Å². The van der Waals surface area contributed by atoms with Crippen LogP contribution in [0.2, 0.25) is 0 Å². The molecule has 0 fully saturated rings. The minimum Gasteiger partial charge on any atom is -0.418 e. The number of non-ortho nitro benzene ring substituents is 1. The highest BCUT2D eigenvalue weighted by Gasteiger charge is 2.25. The molecule has 0 aromatic heterocycles. The molecule has 12 heteroatoms. The number of allylic oxidation sites excluding steroid dienone is 3. The topological polar surface area (TPSA) is 69.5 Å². The second-order valence-corrected chi connectivity index (χ2v) is 7.20. The maximum Gasteiger partial charge on any atom is 0.673 e. The average Bonchev–Trinajstić information content (AvgIpc) is 3.12. The average molecular weight is 405 g/mol. The highest BCUT2D eigenvalue weighted by molar-refractivity contribution is 8.32. The summed E-state index contributed by atoms with van der Waals surface area (Å²) in [4.78, 5) is 13.6. The maximum atomic E-state index is 10.7. The van der Waals surface area contributed by atoms with Crippen LogP contribution in [0.3, 0.4) is 0 Å². The Morgan fingerprint density at radius 1 is 1.15 bits per heavy atom. The molecule has 0 spiro atoms. The number of nitrogens with zero attached hydrogens (tertiary/aromatic N) is 2. The first-order chi connectivity index (χ1) is 12.0. The van der Waals surface area contributed by atoms with E-state index in [0.717, 1.165) is 26.3 Å². The number of nitrogens with one attached hydrogen (secondary N) is 1. The van der Waals surface area contributed by atoms with Gasteiger partial charge in [-0.25, -0.2) is 9.39 Å². The zero-order valence-electron chi connectivity index (χ0n) is 13.5. The molecule has 2 heterocycles. The lowest BCUT2D eigenvalue weighted by atomic mass is 10.2. The molecule has 0 saturated heterocycles. The number of halogens is 4. The predicted octanol–water partition coefficient (Wildman–Crippen LogP) is 3.71. The Morgan fingerprint density at radius 3 is 2.19 bits per heavy atom. The molecule has 0 saturated carbocycles. The van der Waals surface area contributed by atoms with Gasteiger partial charge in [0.05, 0.1) is 14.7 Å². The van der Waals surface area contributed by atoms with Gasteiger partial charge >= 0.3 is 7.25 Å². The van der Waals surface area contributed by atoms with Crippen molar-refractivity contribution in [2.75, 3.05) is 0 Å². The van der Waals surface area contributed by atoms with E-state index in [2.05, 4.69) is 15.5 Å². The van der Waals surface area contributed by atoms with Gasteiger partial charge in [-0.15, -0.1) is 0 Å². The predicted molar refractivity (Wildman–Crippen MR) is 97.4 cm³/mol. The normalized spacial score (nSPS) is 19.4. The van der Waals surface area contributed by atoms with Gasteiger partial charge in [0.2, 0.25) is 0 Å². The second kappa shape index (κ2) is 8.08. The molecule has 2 aliphatic rings. The quantitative estimate of drug-likeness (QED) is 0.268. The maximum absolute atomic E-state index is 10.7. The van der Waals surface area contributed by atoms with Crippen LogP contribution in [0.5, 0.6) is 0 Å². The van der Waals surface area contributed by atoms with Crippen LogP contribution in [-0.2, 0) is 0 Å². The third-order valence-corrected chi connectivity index (χ3v) is 5.27. The fourth-order valence-corrected chi connectivity index (χ4v) is 4.18. The molecule has 0 aliphatic carbocycles. The molecule has 138 valence electrons. The molecule has 3 rings (SSSR count). The summed E-state index contributed by atoms with van der Waals surface area (Å²) in [6.45, 7) is 4.07. The number of nitro benzene ring substituents is 1. The Bertz CT molecular complexity index is 843. The first kappa shape index (κ1) is 20.2. The van der Waals surface area contributed by atoms with Crippen molar-refractivity contribution < 1.29 is 27.2 Å². The van der Waals surface area contributed by atoms with Crippen molar-refractivity contribution in [3.8, 4) is 0 Å². The van der Waals surface area contributed by atoms with Crippen molar-refractivity contribution in [1.82, 2.24) is 0 Å². The summed E-state index contributed by atoms with van der Waals surface area (Å²) in [6.07, 6.45) is 2.11. The largest absolute Gasteiger partial charge is 0.673 e. The van der Waals surface area contributed by atoms with Crippen molar-refractivity contribution in [1.29, 1.82) is 0 Å². The summed E-state index contributed by atoms with van der Waals surface area (Å²) < 4.78 is 44.6. The molecule has 1 N–H and O–H groups in total. The van der Waals surface area contributed by atoms with E-state index in [9.17, 15) is 27.4 Å². The summed E-state index contributed by atoms with van der Waals surface area (Å²) in [5, 5.41) is 11.5. The summed E-state index contributed by atoms with van der Waals surface area (Å²) >= 11 is 3.05. The van der Waals surface area contributed by atoms with Gasteiger partial charge in [-0.2, -0.15) is 0 Å². The first-order valence-corrected chi connectivity index (χ1v) is 8.72. The van der Waals surface area contributed by atoms with E-state index in [1.54, 1.807) is 23.9 Å². The van der Waals surface area contributed by atoms with E-state index in [-0.39, 0.29) is 5.69 Å². The third kappa shape index (κ3) is 5.73. The third-order valence-electron chi connectivity index (χ3n) is 3.10. The van der Waals surface area contributed by atoms with E-state index in [1.165, 1.54) is 29.7 Å². The van der Waals surface area contributed by atoms with Crippen LogP contribution in [0.25, 0.3) is 0 Å². The Hall–Kier alpha value is -2.08. The van der Waals surface area contributed by atoms with Crippen molar-refractivity contribution in [3.63, 3.8) is 0 Å². The van der Waals surface area contributed by atoms with Gasteiger partial charge in [-0.1, -0.05) is 11.8 Å². The van der Waals surface area contributed by atoms with Crippen LogP contribution in [0.4, 0.5) is 23.0 Å². The number of hydrogen-bond acceptors (Lipinski definition) is 5. The molecule has 1 aromatic carbocycles. The monoisotopic (exact) mass is 405 g/mol. The lowest BCUT2D eigenvalue weighted by molar-refractivity contribution is -0.392. The van der Waals surface area contributed by atoms with Crippen molar-refractivity contribution in [2.24, 2.45) is 4.40 Å². The minimum absolute atomic E-state index is 0.0938. The zero-order chi connectivity index (χ0) is 19.5. The van der Waals surface area contributed by atoms with Gasteiger partial charge in [0, 0.05) is 49.6 Å². The molecular weight excluding hydrogens is 393 g/mol. The molecule has 2 aliphatic heterocycles. The summed E-state index contributed by atoms with van der Waals surface area (Å²) in [6, 6.07) is 6.49. The fourth-order valence-electron chi connectivity index (χ4n) is 2.09. The molecule has 5 nitrogen and oxygen atoms in total. The van der Waals surface area contributed by atoms with E-state index >= 15 is 0 Å². The Morgan fingerprint density at radius 2 is 1.73 bits per heavy atom. The standard InChI is InChI=1S/C14H11N3O2S2.BF4/c1-8-7-12(9(2)15-8)14-20-13(16-21-14)10-3-5-11(6-4-10)17(18)19;2-1(3,4)5/h3-7H,1-2H3;/q;-1/p+1/b14-12-;. The SMILES string of the molecule is CC1=C/C(=C2/SN=C(c3ccc([N+](=O)[O-])cc3)S2)C(C)=[NH+]1.F[B-](F)(F)F. The van der Waals surface area contributed by atoms with Crippen molar-refractivity contribution in [3.05, 3.63) is 61.5 Å². The van der Waals surface area contributed by atoms with Crippen LogP contribution in [0.1, 0.15) is 19.4 Å². The van der Waals surface area contributed by atoms with E-state index in [0.29, 0.717) is 0 Å². The van der Waals surface area contributed by atoms with Crippen LogP contribution in [-0.4, -0.2) is 22.9 Å². The number of rotatable bonds is 2. The van der Waals surface area contributed by atoms with Crippen LogP contribution in [0.15, 0.2) is 50.2 Å². The summed E-state index contributed by atoms with van der Waals surface area (Å²) in [5.74, 6) is 0. The molecular formula is C14H12BF4N3O2S2. The van der Waals surface area contributed by atoms with E-state index < -0.39 is 12.2 Å². The number of hydrogen-bond donors (Lipinski definition) is 1. The Labute approximate surface area is 154 Å². The Balaban J connectivity index is 0.000000431. The highest BCUT2D eigenvalue weighted by atomic mass is 32.2. The highest BCUT2D eigenvalue weighted by Crippen LogP contribution is 2.43. The summed E-state index contributed by atoms with van der Waals surface area (Å²) in [7, 11) is -6.00. The molecule has 0 unspecified atom stereocenters. The van der Waals surface area contributed by atoms with Gasteiger partial charge in [0.25, 0.3) is 5.69 Å². The number of nitro groups is 1. The smallest absolute Gasteiger partial charge is 0.418 e. The van der Waals surface area contributed by atoms with Crippen LogP contribution >= 0.6 is 23.7 Å². The van der Waals surface area contributed by atoms with Crippen LogP contribution in [0, 0.1) is 10.1 Å². The first-order valence-electron chi connectivity index (χ1n) is 7.13. The van der Waals surface area contributed by atoms with Crippen molar-refractivity contribution in [2.45, 2.75) is 13.8 Å². The van der Waals surface area contributed by atoms with Gasteiger partial charge < -0.3 is 17.3 Å². The molecule has 26 heavy (non-hydrogen) atoms. The molecule has 0 atom stereocenters. The molecule has 1 aromatic rings. The van der Waals surface area contributed by atoms with Gasteiger partial charge in [0.15, 0.2) is 11.4 Å². The molecule has 0 amide bonds. The minimum atomic E-state index is -6.00. The number of thioether (sulfide) groups is 1. The lowest BCUT2D eigenvalue weighted by Gasteiger charge is -1.99. The van der Waals surface area contributed by atoms with Gasteiger partial charge in [0.1, 0.15) is 5.04 Å². The lowest BCUT2D eigenvalue weighted by Crippen LogP contribution is -2.67. The van der Waals surface area contributed by atoms with Gasteiger partial charge in [-0.3, -0.25) is 10.1 Å². The van der Waals surface area contributed by atoms with Gasteiger partial charge in [-0.05, 0) is 12.1 Å². The molecule has 0 radical (unpaired) electrons. The van der Waals surface area contributed by atoms with E-state index in [1.807, 2.05) is 13.8 Å². The Kier molecular flexibility index (Phi) is 6.29. The number of benzene rings is 1. The second-order valence-electron chi connectivity index (χ2n) is 5.17. The van der Waals surface area contributed by atoms with Crippen LogP contribution < -0.4 is 4.99 Å². The van der Waals surface area contributed by atoms with Crippen molar-refractivity contribution >= 4 is 47.4 Å². The molecule has 0 bridgehead atoms. The summed E-state index contributed by atoms with van der Waals surface area (Å²) in [5.41, 5.74) is 4.42.